The highest BCUT2D eigenvalue weighted by molar-refractivity contribution is 5.90. The Morgan fingerprint density at radius 1 is 1.00 bits per heavy atom. The van der Waals surface area contributed by atoms with Crippen LogP contribution in [0.2, 0.25) is 0 Å². The Balaban J connectivity index is 1.32. The molecule has 1 aliphatic rings. The molecule has 184 valence electrons. The van der Waals surface area contributed by atoms with Gasteiger partial charge in [0.15, 0.2) is 0 Å². The maximum atomic E-state index is 11.7. The Morgan fingerprint density at radius 3 is 2.31 bits per heavy atom. The van der Waals surface area contributed by atoms with Crippen molar-refractivity contribution >= 4 is 5.97 Å². The van der Waals surface area contributed by atoms with Crippen LogP contribution in [0, 0.1) is 0 Å². The number of aliphatic hydroxyl groups excluding tert-OH is 1. The van der Waals surface area contributed by atoms with Crippen LogP contribution in [0.3, 0.4) is 0 Å². The molecule has 0 aliphatic heterocycles. The molecule has 0 amide bonds. The topological polar surface area (TPSA) is 99.0 Å². The zero-order valence-electron chi connectivity index (χ0n) is 20.0. The van der Waals surface area contributed by atoms with Gasteiger partial charge in [0.1, 0.15) is 18.1 Å². The minimum Gasteiger partial charge on any atom is -0.508 e. The van der Waals surface area contributed by atoms with Gasteiger partial charge in [-0.05, 0) is 78.3 Å². The molecule has 0 radical (unpaired) electrons. The molecule has 0 aromatic heterocycles. The number of hydrogen-bond donors (Lipinski definition) is 4. The van der Waals surface area contributed by atoms with Gasteiger partial charge in [0.05, 0.1) is 11.7 Å². The fourth-order valence-corrected chi connectivity index (χ4v) is 4.78. The van der Waals surface area contributed by atoms with E-state index in [-0.39, 0.29) is 11.8 Å². The van der Waals surface area contributed by atoms with Crippen molar-refractivity contribution in [3.8, 4) is 22.6 Å². The Hall–Kier alpha value is -3.35. The standard InChI is InChI=1S/C29H33NO5/c1-19(28(32)22-6-11-24(31)12-7-22)30-16-17-35-25-13-8-20(9-14-25)23-10-15-26(29(33)34)27(18-23)21-4-2-3-5-21/h6-15,18-19,21,28,30-32H,2-5,16-17H2,1H3,(H,33,34)/t19-,28+/m1/s1. The maximum Gasteiger partial charge on any atom is 0.335 e. The lowest BCUT2D eigenvalue weighted by molar-refractivity contribution is 0.0695. The monoisotopic (exact) mass is 475 g/mol. The SMILES string of the molecule is C[C@@H](NCCOc1ccc(-c2ccc(C(=O)O)c(C3CCCC3)c2)cc1)[C@H](O)c1ccc(O)cc1. The van der Waals surface area contributed by atoms with Gasteiger partial charge in [0, 0.05) is 12.6 Å². The normalized spacial score (nSPS) is 15.6. The molecule has 35 heavy (non-hydrogen) atoms. The number of carbonyl (C=O) groups is 1. The van der Waals surface area contributed by atoms with Crippen LogP contribution in [0.1, 0.15) is 66.1 Å². The number of aromatic hydroxyl groups is 1. The first-order chi connectivity index (χ1) is 16.9. The number of nitrogens with one attached hydrogen (secondary N) is 1. The van der Waals surface area contributed by atoms with Gasteiger partial charge in [-0.2, -0.15) is 0 Å². The van der Waals surface area contributed by atoms with Gasteiger partial charge in [-0.3, -0.25) is 0 Å². The quantitative estimate of drug-likeness (QED) is 0.289. The molecule has 0 bridgehead atoms. The second-order valence-corrected chi connectivity index (χ2v) is 9.24. The van der Waals surface area contributed by atoms with Gasteiger partial charge in [-0.25, -0.2) is 4.79 Å². The fourth-order valence-electron chi connectivity index (χ4n) is 4.78. The highest BCUT2D eigenvalue weighted by Crippen LogP contribution is 2.38. The van der Waals surface area contributed by atoms with E-state index in [2.05, 4.69) is 5.32 Å². The van der Waals surface area contributed by atoms with E-state index in [1.54, 1.807) is 30.3 Å². The first kappa shape index (κ1) is 24.8. The summed E-state index contributed by atoms with van der Waals surface area (Å²) in [5.41, 5.74) is 4.15. The van der Waals surface area contributed by atoms with Crippen molar-refractivity contribution < 1.29 is 24.9 Å². The van der Waals surface area contributed by atoms with Crippen LogP contribution >= 0.6 is 0 Å². The van der Waals surface area contributed by atoms with Crippen LogP contribution in [-0.2, 0) is 0 Å². The number of aliphatic hydroxyl groups is 1. The van der Waals surface area contributed by atoms with Crippen LogP contribution in [0.15, 0.2) is 66.7 Å². The largest absolute Gasteiger partial charge is 0.508 e. The Bertz CT molecular complexity index is 1120. The number of aromatic carboxylic acids is 1. The number of phenolic OH excluding ortho intramolecular Hbond substituents is 1. The summed E-state index contributed by atoms with van der Waals surface area (Å²) < 4.78 is 5.85. The number of ether oxygens (including phenoxy) is 1. The van der Waals surface area contributed by atoms with E-state index < -0.39 is 12.1 Å². The van der Waals surface area contributed by atoms with Gasteiger partial charge < -0.3 is 25.4 Å². The van der Waals surface area contributed by atoms with E-state index in [0.717, 1.165) is 53.7 Å². The van der Waals surface area contributed by atoms with Crippen molar-refractivity contribution in [2.24, 2.45) is 0 Å². The predicted molar refractivity (Wildman–Crippen MR) is 136 cm³/mol. The van der Waals surface area contributed by atoms with E-state index in [1.165, 1.54) is 0 Å². The molecular weight excluding hydrogens is 442 g/mol. The third-order valence-electron chi connectivity index (χ3n) is 6.81. The van der Waals surface area contributed by atoms with E-state index in [0.29, 0.717) is 24.6 Å². The molecule has 0 spiro atoms. The summed E-state index contributed by atoms with van der Waals surface area (Å²) in [6, 6.07) is 19.9. The number of benzene rings is 3. The molecule has 4 rings (SSSR count). The molecule has 3 aromatic rings. The van der Waals surface area contributed by atoms with Crippen molar-refractivity contribution in [3.63, 3.8) is 0 Å². The minimum absolute atomic E-state index is 0.173. The third kappa shape index (κ3) is 6.21. The van der Waals surface area contributed by atoms with Crippen molar-refractivity contribution in [2.45, 2.75) is 50.7 Å². The average Bonchev–Trinajstić information content (AvgIpc) is 3.41. The van der Waals surface area contributed by atoms with E-state index in [1.807, 2.05) is 43.3 Å². The second-order valence-electron chi connectivity index (χ2n) is 9.24. The predicted octanol–water partition coefficient (Wildman–Crippen LogP) is 5.51. The summed E-state index contributed by atoms with van der Waals surface area (Å²) in [5, 5.41) is 32.7. The summed E-state index contributed by atoms with van der Waals surface area (Å²) >= 11 is 0. The molecule has 3 aromatic carbocycles. The van der Waals surface area contributed by atoms with Gasteiger partial charge in [0.25, 0.3) is 0 Å². The lowest BCUT2D eigenvalue weighted by Gasteiger charge is -2.21. The smallest absolute Gasteiger partial charge is 0.335 e. The number of carboxylic acid groups (broad SMARTS) is 1. The van der Waals surface area contributed by atoms with E-state index in [9.17, 15) is 20.1 Å². The number of carboxylic acids is 1. The van der Waals surface area contributed by atoms with Gasteiger partial charge >= 0.3 is 5.97 Å². The molecule has 2 atom stereocenters. The van der Waals surface area contributed by atoms with Crippen molar-refractivity contribution in [3.05, 3.63) is 83.4 Å². The van der Waals surface area contributed by atoms with Crippen molar-refractivity contribution in [1.82, 2.24) is 5.32 Å². The fraction of sp³-hybridized carbons (Fsp3) is 0.345. The second kappa shape index (κ2) is 11.4. The Kier molecular flexibility index (Phi) is 8.06. The first-order valence-electron chi connectivity index (χ1n) is 12.2. The number of phenols is 1. The van der Waals surface area contributed by atoms with Gasteiger partial charge in [-0.1, -0.05) is 49.2 Å². The average molecular weight is 476 g/mol. The molecule has 0 saturated heterocycles. The molecule has 1 aliphatic carbocycles. The molecule has 1 fully saturated rings. The maximum absolute atomic E-state index is 11.7. The lowest BCUT2D eigenvalue weighted by atomic mass is 9.89. The van der Waals surface area contributed by atoms with Gasteiger partial charge in [0.2, 0.25) is 0 Å². The zero-order chi connectivity index (χ0) is 24.8. The first-order valence-corrected chi connectivity index (χ1v) is 12.2. The van der Waals surface area contributed by atoms with Crippen LogP contribution in [0.25, 0.3) is 11.1 Å². The van der Waals surface area contributed by atoms with E-state index in [4.69, 9.17) is 4.74 Å². The molecule has 4 N–H and O–H groups in total. The third-order valence-corrected chi connectivity index (χ3v) is 6.81. The summed E-state index contributed by atoms with van der Waals surface area (Å²) in [4.78, 5) is 11.7. The molecule has 6 heteroatoms. The van der Waals surface area contributed by atoms with Crippen LogP contribution in [0.4, 0.5) is 0 Å². The van der Waals surface area contributed by atoms with Crippen LogP contribution in [0.5, 0.6) is 11.5 Å². The molecule has 0 heterocycles. The van der Waals surface area contributed by atoms with Crippen molar-refractivity contribution in [2.75, 3.05) is 13.2 Å². The zero-order valence-corrected chi connectivity index (χ0v) is 20.0. The number of hydrogen-bond acceptors (Lipinski definition) is 5. The van der Waals surface area contributed by atoms with Crippen LogP contribution < -0.4 is 10.1 Å². The molecule has 1 saturated carbocycles. The number of rotatable bonds is 10. The highest BCUT2D eigenvalue weighted by Gasteiger charge is 2.23. The lowest BCUT2D eigenvalue weighted by Crippen LogP contribution is -2.35. The highest BCUT2D eigenvalue weighted by atomic mass is 16.5. The van der Waals surface area contributed by atoms with Crippen molar-refractivity contribution in [1.29, 1.82) is 0 Å². The Morgan fingerprint density at radius 2 is 1.66 bits per heavy atom. The summed E-state index contributed by atoms with van der Waals surface area (Å²) in [6.07, 6.45) is 3.73. The van der Waals surface area contributed by atoms with Crippen LogP contribution in [-0.4, -0.2) is 40.5 Å². The summed E-state index contributed by atoms with van der Waals surface area (Å²) in [7, 11) is 0. The molecule has 6 nitrogen and oxygen atoms in total. The summed E-state index contributed by atoms with van der Waals surface area (Å²) in [5.74, 6) is 0.389. The minimum atomic E-state index is -0.860. The summed E-state index contributed by atoms with van der Waals surface area (Å²) in [6.45, 7) is 2.92. The molecular formula is C29H33NO5. The van der Waals surface area contributed by atoms with Gasteiger partial charge in [-0.15, -0.1) is 0 Å². The van der Waals surface area contributed by atoms with E-state index >= 15 is 0 Å². The molecule has 0 unspecified atom stereocenters. The Labute approximate surface area is 206 Å².